The van der Waals surface area contributed by atoms with E-state index in [1.807, 2.05) is 11.8 Å². The van der Waals surface area contributed by atoms with E-state index in [2.05, 4.69) is 5.32 Å². The minimum absolute atomic E-state index is 0.109. The number of anilines is 1. The molecule has 1 heterocycles. The third-order valence-corrected chi connectivity index (χ3v) is 4.66. The van der Waals surface area contributed by atoms with E-state index < -0.39 is 4.92 Å². The second-order valence-corrected chi connectivity index (χ2v) is 6.56. The minimum atomic E-state index is -0.493. The van der Waals surface area contributed by atoms with Gasteiger partial charge in [0.15, 0.2) is 0 Å². The molecule has 0 aromatic heterocycles. The van der Waals surface area contributed by atoms with Crippen LogP contribution in [0, 0.1) is 29.9 Å². The number of benzene rings is 1. The number of ether oxygens (including phenoxy) is 1. The molecule has 0 unspecified atom stereocenters. The maximum atomic E-state index is 12.3. The Bertz CT molecular complexity index is 696. The first kappa shape index (κ1) is 19.8. The molecular formula is C18H25N3O5. The fourth-order valence-corrected chi connectivity index (χ4v) is 3.03. The molecule has 0 spiro atoms. The van der Waals surface area contributed by atoms with E-state index in [1.54, 1.807) is 19.9 Å². The van der Waals surface area contributed by atoms with E-state index in [4.69, 9.17) is 4.74 Å². The van der Waals surface area contributed by atoms with Gasteiger partial charge in [0.1, 0.15) is 5.69 Å². The van der Waals surface area contributed by atoms with Gasteiger partial charge in [-0.15, -0.1) is 0 Å². The average Bonchev–Trinajstić information content (AvgIpc) is 2.58. The minimum Gasteiger partial charge on any atom is -0.466 e. The number of esters is 1. The number of nitrogens with zero attached hydrogens (tertiary/aromatic N) is 2. The Morgan fingerprint density at radius 3 is 2.46 bits per heavy atom. The monoisotopic (exact) mass is 363 g/mol. The Kier molecular flexibility index (Phi) is 6.68. The van der Waals surface area contributed by atoms with E-state index in [1.165, 1.54) is 6.07 Å². The molecule has 1 aromatic rings. The molecule has 0 aliphatic carbocycles. The SMILES string of the molecule is CCOC(=O)C1CCN(CC(=O)Nc2cc(C)c(C)cc2[N+](=O)[O-])CC1. The Hall–Kier alpha value is -2.48. The quantitative estimate of drug-likeness (QED) is 0.473. The van der Waals surface area contributed by atoms with Crippen LogP contribution in [-0.2, 0) is 14.3 Å². The number of carbonyl (C=O) groups excluding carboxylic acids is 2. The molecular weight excluding hydrogens is 338 g/mol. The van der Waals surface area contributed by atoms with E-state index in [0.29, 0.717) is 32.5 Å². The zero-order chi connectivity index (χ0) is 19.3. The van der Waals surface area contributed by atoms with Crippen molar-refractivity contribution in [2.24, 2.45) is 5.92 Å². The maximum absolute atomic E-state index is 12.3. The van der Waals surface area contributed by atoms with Gasteiger partial charge in [-0.25, -0.2) is 0 Å². The van der Waals surface area contributed by atoms with Crippen molar-refractivity contribution in [3.63, 3.8) is 0 Å². The molecule has 142 valence electrons. The van der Waals surface area contributed by atoms with Crippen LogP contribution in [0.4, 0.5) is 11.4 Å². The highest BCUT2D eigenvalue weighted by atomic mass is 16.6. The van der Waals surface area contributed by atoms with Crippen LogP contribution < -0.4 is 5.32 Å². The molecule has 8 heteroatoms. The second kappa shape index (κ2) is 8.75. The number of nitro groups is 1. The first-order valence-corrected chi connectivity index (χ1v) is 8.76. The van der Waals surface area contributed by atoms with Gasteiger partial charge >= 0.3 is 5.97 Å². The summed E-state index contributed by atoms with van der Waals surface area (Å²) in [5.41, 5.74) is 1.78. The van der Waals surface area contributed by atoms with Gasteiger partial charge in [0.25, 0.3) is 5.69 Å². The zero-order valence-electron chi connectivity index (χ0n) is 15.4. The number of amides is 1. The van der Waals surface area contributed by atoms with Crippen molar-refractivity contribution in [3.05, 3.63) is 33.4 Å². The van der Waals surface area contributed by atoms with Crippen LogP contribution in [0.25, 0.3) is 0 Å². The molecule has 1 aromatic carbocycles. The van der Waals surface area contributed by atoms with Gasteiger partial charge in [0.05, 0.1) is 24.0 Å². The second-order valence-electron chi connectivity index (χ2n) is 6.56. The summed E-state index contributed by atoms with van der Waals surface area (Å²) in [6, 6.07) is 3.09. The van der Waals surface area contributed by atoms with Crippen molar-refractivity contribution < 1.29 is 19.2 Å². The van der Waals surface area contributed by atoms with Crippen LogP contribution in [0.15, 0.2) is 12.1 Å². The van der Waals surface area contributed by atoms with Crippen molar-refractivity contribution in [2.45, 2.75) is 33.6 Å². The van der Waals surface area contributed by atoms with Gasteiger partial charge in [0, 0.05) is 6.07 Å². The summed E-state index contributed by atoms with van der Waals surface area (Å²) in [5.74, 6) is -0.594. The summed E-state index contributed by atoms with van der Waals surface area (Å²) >= 11 is 0. The molecule has 26 heavy (non-hydrogen) atoms. The molecule has 1 aliphatic rings. The summed E-state index contributed by atoms with van der Waals surface area (Å²) in [7, 11) is 0. The molecule has 8 nitrogen and oxygen atoms in total. The summed E-state index contributed by atoms with van der Waals surface area (Å²) in [6.07, 6.45) is 1.30. The first-order valence-electron chi connectivity index (χ1n) is 8.76. The van der Waals surface area contributed by atoms with Gasteiger partial charge in [-0.05, 0) is 63.9 Å². The molecule has 1 aliphatic heterocycles. The normalized spacial score (nSPS) is 15.5. The Morgan fingerprint density at radius 2 is 1.88 bits per heavy atom. The number of nitrogens with one attached hydrogen (secondary N) is 1. The van der Waals surface area contributed by atoms with Gasteiger partial charge in [-0.3, -0.25) is 24.6 Å². The lowest BCUT2D eigenvalue weighted by atomic mass is 9.97. The van der Waals surface area contributed by atoms with E-state index >= 15 is 0 Å². The summed E-state index contributed by atoms with van der Waals surface area (Å²) in [5, 5.41) is 13.9. The number of nitro benzene ring substituents is 1. The van der Waals surface area contributed by atoms with Gasteiger partial charge in [-0.1, -0.05) is 0 Å². The van der Waals surface area contributed by atoms with Crippen molar-refractivity contribution in [1.82, 2.24) is 4.90 Å². The topological polar surface area (TPSA) is 102 Å². The molecule has 1 N–H and O–H groups in total. The largest absolute Gasteiger partial charge is 0.466 e. The van der Waals surface area contributed by atoms with E-state index in [9.17, 15) is 19.7 Å². The average molecular weight is 363 g/mol. The van der Waals surface area contributed by atoms with Crippen LogP contribution in [0.5, 0.6) is 0 Å². The number of hydrogen-bond acceptors (Lipinski definition) is 6. The van der Waals surface area contributed by atoms with Crippen molar-refractivity contribution in [2.75, 3.05) is 31.6 Å². The molecule has 0 saturated carbocycles. The number of carbonyl (C=O) groups is 2. The summed E-state index contributed by atoms with van der Waals surface area (Å²) in [4.78, 5) is 36.7. The number of aryl methyl sites for hydroxylation is 2. The third kappa shape index (κ3) is 5.01. The fourth-order valence-electron chi connectivity index (χ4n) is 3.03. The number of hydrogen-bond donors (Lipinski definition) is 1. The Balaban J connectivity index is 1.93. The van der Waals surface area contributed by atoms with Crippen LogP contribution >= 0.6 is 0 Å². The molecule has 1 amide bonds. The lowest BCUT2D eigenvalue weighted by Crippen LogP contribution is -2.41. The molecule has 2 rings (SSSR count). The van der Waals surface area contributed by atoms with Crippen LogP contribution in [0.1, 0.15) is 30.9 Å². The van der Waals surface area contributed by atoms with Crippen molar-refractivity contribution in [3.8, 4) is 0 Å². The predicted octanol–water partition coefficient (Wildman–Crippen LogP) is 2.43. The first-order chi connectivity index (χ1) is 12.3. The van der Waals surface area contributed by atoms with Gasteiger partial charge < -0.3 is 10.1 Å². The van der Waals surface area contributed by atoms with Gasteiger partial charge in [-0.2, -0.15) is 0 Å². The summed E-state index contributed by atoms with van der Waals surface area (Å²) < 4.78 is 5.03. The third-order valence-electron chi connectivity index (χ3n) is 4.66. The predicted molar refractivity (Wildman–Crippen MR) is 97.0 cm³/mol. The molecule has 1 fully saturated rings. The number of piperidine rings is 1. The van der Waals surface area contributed by atoms with Crippen molar-refractivity contribution >= 4 is 23.3 Å². The van der Waals surface area contributed by atoms with E-state index in [0.717, 1.165) is 11.1 Å². The zero-order valence-corrected chi connectivity index (χ0v) is 15.4. The number of likely N-dealkylation sites (tertiary alicyclic amines) is 1. The molecule has 0 atom stereocenters. The fraction of sp³-hybridized carbons (Fsp3) is 0.556. The Labute approximate surface area is 152 Å². The number of rotatable bonds is 6. The molecule has 1 saturated heterocycles. The maximum Gasteiger partial charge on any atom is 0.309 e. The van der Waals surface area contributed by atoms with Crippen LogP contribution in [0.2, 0.25) is 0 Å². The lowest BCUT2D eigenvalue weighted by molar-refractivity contribution is -0.384. The highest BCUT2D eigenvalue weighted by Gasteiger charge is 2.27. The van der Waals surface area contributed by atoms with Crippen LogP contribution in [0.3, 0.4) is 0 Å². The summed E-state index contributed by atoms with van der Waals surface area (Å²) in [6.45, 7) is 7.16. The van der Waals surface area contributed by atoms with Crippen molar-refractivity contribution in [1.29, 1.82) is 0 Å². The smallest absolute Gasteiger partial charge is 0.309 e. The standard InChI is InChI=1S/C18H25N3O5/c1-4-26-18(23)14-5-7-20(8-6-14)11-17(22)19-15-9-12(2)13(3)10-16(15)21(24)25/h9-10,14H,4-8,11H2,1-3H3,(H,19,22). The molecule has 0 radical (unpaired) electrons. The van der Waals surface area contributed by atoms with Crippen LogP contribution in [-0.4, -0.2) is 47.9 Å². The lowest BCUT2D eigenvalue weighted by Gasteiger charge is -2.30. The van der Waals surface area contributed by atoms with E-state index in [-0.39, 0.29) is 35.7 Å². The molecule has 0 bridgehead atoms. The highest BCUT2D eigenvalue weighted by Crippen LogP contribution is 2.28. The highest BCUT2D eigenvalue weighted by molar-refractivity contribution is 5.94. The van der Waals surface area contributed by atoms with Gasteiger partial charge in [0.2, 0.25) is 5.91 Å². The Morgan fingerprint density at radius 1 is 1.27 bits per heavy atom.